The molecule has 0 aromatic carbocycles. The van der Waals surface area contributed by atoms with Gasteiger partial charge in [0, 0.05) is 5.92 Å². The summed E-state index contributed by atoms with van der Waals surface area (Å²) in [6, 6.07) is 0. The van der Waals surface area contributed by atoms with Crippen LogP contribution in [0.25, 0.3) is 5.83 Å². The molecule has 0 saturated heterocycles. The normalized spacial score (nSPS) is 10.6. The van der Waals surface area contributed by atoms with Crippen LogP contribution >= 0.6 is 0 Å². The second-order valence-electron chi connectivity index (χ2n) is 3.43. The number of aromatic nitrogens is 2. The minimum atomic E-state index is -0.431. The zero-order valence-electron chi connectivity index (χ0n) is 8.26. The molecule has 4 heteroatoms. The highest BCUT2D eigenvalue weighted by Crippen LogP contribution is 2.19. The van der Waals surface area contributed by atoms with E-state index in [0.29, 0.717) is 11.4 Å². The van der Waals surface area contributed by atoms with Crippen LogP contribution in [0.15, 0.2) is 10.1 Å². The Balaban J connectivity index is 2.99. The van der Waals surface area contributed by atoms with E-state index in [1.165, 1.54) is 0 Å². The molecule has 0 aliphatic carbocycles. The van der Waals surface area contributed by atoms with Crippen molar-refractivity contribution in [1.29, 1.82) is 0 Å². The first-order chi connectivity index (χ1) is 6.02. The van der Waals surface area contributed by atoms with Gasteiger partial charge in [-0.05, 0) is 19.4 Å². The van der Waals surface area contributed by atoms with E-state index in [9.17, 15) is 4.39 Å². The van der Waals surface area contributed by atoms with Crippen LogP contribution < -0.4 is 0 Å². The third kappa shape index (κ3) is 2.14. The summed E-state index contributed by atoms with van der Waals surface area (Å²) in [5, 5.41) is 3.66. The van der Waals surface area contributed by atoms with Crippen molar-refractivity contribution in [2.24, 2.45) is 0 Å². The fourth-order valence-electron chi connectivity index (χ4n) is 0.772. The van der Waals surface area contributed by atoms with Crippen LogP contribution in [0.1, 0.15) is 45.3 Å². The predicted molar refractivity (Wildman–Crippen MR) is 47.8 cm³/mol. The average Bonchev–Trinajstić information content (AvgIpc) is 2.50. The van der Waals surface area contributed by atoms with Gasteiger partial charge in [-0.2, -0.15) is 4.98 Å². The molecule has 0 aliphatic rings. The van der Waals surface area contributed by atoms with Crippen molar-refractivity contribution in [1.82, 2.24) is 10.1 Å². The number of hydrogen-bond acceptors (Lipinski definition) is 3. The van der Waals surface area contributed by atoms with Crippen LogP contribution in [0.3, 0.4) is 0 Å². The molecule has 1 aromatic rings. The molecule has 0 atom stereocenters. The summed E-state index contributed by atoms with van der Waals surface area (Å²) in [4.78, 5) is 3.92. The first kappa shape index (κ1) is 9.89. The van der Waals surface area contributed by atoms with Gasteiger partial charge in [0.05, 0.1) is 0 Å². The van der Waals surface area contributed by atoms with E-state index >= 15 is 0 Å². The van der Waals surface area contributed by atoms with Crippen LogP contribution in [0.5, 0.6) is 0 Å². The lowest BCUT2D eigenvalue weighted by atomic mass is 10.2. The Labute approximate surface area is 76.6 Å². The lowest BCUT2D eigenvalue weighted by Gasteiger charge is -1.92. The first-order valence-electron chi connectivity index (χ1n) is 4.19. The van der Waals surface area contributed by atoms with Crippen molar-refractivity contribution < 1.29 is 8.91 Å². The average molecular weight is 184 g/mol. The van der Waals surface area contributed by atoms with E-state index in [-0.39, 0.29) is 11.8 Å². The fourth-order valence-corrected chi connectivity index (χ4v) is 0.772. The summed E-state index contributed by atoms with van der Waals surface area (Å²) in [6.07, 6.45) is 0. The van der Waals surface area contributed by atoms with E-state index in [1.807, 2.05) is 13.8 Å². The third-order valence-corrected chi connectivity index (χ3v) is 1.58. The zero-order valence-corrected chi connectivity index (χ0v) is 8.26. The van der Waals surface area contributed by atoms with E-state index in [0.717, 1.165) is 0 Å². The van der Waals surface area contributed by atoms with Gasteiger partial charge in [-0.15, -0.1) is 0 Å². The highest BCUT2D eigenvalue weighted by Gasteiger charge is 2.13. The van der Waals surface area contributed by atoms with Crippen molar-refractivity contribution in [3.05, 3.63) is 17.3 Å². The van der Waals surface area contributed by atoms with E-state index in [1.54, 1.807) is 13.8 Å². The van der Waals surface area contributed by atoms with E-state index in [4.69, 9.17) is 4.52 Å². The minimum absolute atomic E-state index is 0.0244. The summed E-state index contributed by atoms with van der Waals surface area (Å²) < 4.78 is 18.0. The molecule has 72 valence electrons. The number of halogens is 1. The summed E-state index contributed by atoms with van der Waals surface area (Å²) in [5.41, 5.74) is 0.541. The lowest BCUT2D eigenvalue weighted by Crippen LogP contribution is -1.90. The monoisotopic (exact) mass is 184 g/mol. The summed E-state index contributed by atoms with van der Waals surface area (Å²) in [5.74, 6) is 0.233. The molecule has 1 heterocycles. The standard InChI is InChI=1S/C9H13FN2O/c1-5(2)7(10)9-11-8(6(3)4)12-13-9/h6H,1-4H3. The third-order valence-electron chi connectivity index (χ3n) is 1.58. The maximum Gasteiger partial charge on any atom is 0.286 e. The van der Waals surface area contributed by atoms with Gasteiger partial charge < -0.3 is 4.52 Å². The molecule has 1 rings (SSSR count). The maximum atomic E-state index is 13.2. The summed E-state index contributed by atoms with van der Waals surface area (Å²) in [6.45, 7) is 7.17. The highest BCUT2D eigenvalue weighted by atomic mass is 19.1. The van der Waals surface area contributed by atoms with Gasteiger partial charge in [-0.1, -0.05) is 19.0 Å². The molecule has 13 heavy (non-hydrogen) atoms. The van der Waals surface area contributed by atoms with Crippen LogP contribution in [0, 0.1) is 0 Å². The number of allylic oxidation sites excluding steroid dienone is 1. The molecule has 1 aromatic heterocycles. The molecule has 0 N–H and O–H groups in total. The number of nitrogens with zero attached hydrogens (tertiary/aromatic N) is 2. The van der Waals surface area contributed by atoms with Gasteiger partial charge in [0.1, 0.15) is 0 Å². The second kappa shape index (κ2) is 3.68. The summed E-state index contributed by atoms with van der Waals surface area (Å²) in [7, 11) is 0. The molecule has 0 fully saturated rings. The molecule has 0 spiro atoms. The smallest absolute Gasteiger partial charge is 0.286 e. The molecule has 0 bridgehead atoms. The molecule has 0 unspecified atom stereocenters. The van der Waals surface area contributed by atoms with Crippen LogP contribution in [0.4, 0.5) is 4.39 Å². The van der Waals surface area contributed by atoms with Crippen LogP contribution in [-0.4, -0.2) is 10.1 Å². The quantitative estimate of drug-likeness (QED) is 0.709. The second-order valence-corrected chi connectivity index (χ2v) is 3.43. The molecule has 0 radical (unpaired) electrons. The molecular weight excluding hydrogens is 171 g/mol. The predicted octanol–water partition coefficient (Wildman–Crippen LogP) is 2.91. The molecule has 0 saturated carbocycles. The van der Waals surface area contributed by atoms with Gasteiger partial charge in [0.25, 0.3) is 5.89 Å². The Hall–Kier alpha value is -1.19. The lowest BCUT2D eigenvalue weighted by molar-refractivity contribution is 0.388. The van der Waals surface area contributed by atoms with Crippen molar-refractivity contribution in [3.63, 3.8) is 0 Å². The first-order valence-corrected chi connectivity index (χ1v) is 4.19. The molecule has 0 amide bonds. The van der Waals surface area contributed by atoms with Crippen molar-refractivity contribution in [2.75, 3.05) is 0 Å². The number of rotatable bonds is 2. The van der Waals surface area contributed by atoms with Gasteiger partial charge in [-0.3, -0.25) is 0 Å². The Morgan fingerprint density at radius 2 is 2.00 bits per heavy atom. The van der Waals surface area contributed by atoms with Gasteiger partial charge in [-0.25, -0.2) is 4.39 Å². The minimum Gasteiger partial charge on any atom is -0.331 e. The fraction of sp³-hybridized carbons (Fsp3) is 0.556. The van der Waals surface area contributed by atoms with Crippen molar-refractivity contribution in [2.45, 2.75) is 33.6 Å². The Morgan fingerprint density at radius 3 is 2.38 bits per heavy atom. The Morgan fingerprint density at radius 1 is 1.38 bits per heavy atom. The molecular formula is C9H13FN2O. The highest BCUT2D eigenvalue weighted by molar-refractivity contribution is 5.53. The largest absolute Gasteiger partial charge is 0.331 e. The van der Waals surface area contributed by atoms with E-state index in [2.05, 4.69) is 10.1 Å². The van der Waals surface area contributed by atoms with Gasteiger partial charge in [0.15, 0.2) is 11.7 Å². The molecule has 3 nitrogen and oxygen atoms in total. The molecule has 0 aliphatic heterocycles. The topological polar surface area (TPSA) is 38.9 Å². The van der Waals surface area contributed by atoms with Crippen molar-refractivity contribution >= 4 is 5.83 Å². The zero-order chi connectivity index (χ0) is 10.0. The Bertz CT molecular complexity index is 324. The summed E-state index contributed by atoms with van der Waals surface area (Å²) >= 11 is 0. The van der Waals surface area contributed by atoms with Gasteiger partial charge in [0.2, 0.25) is 0 Å². The Kier molecular flexibility index (Phi) is 2.80. The van der Waals surface area contributed by atoms with Crippen molar-refractivity contribution in [3.8, 4) is 0 Å². The van der Waals surface area contributed by atoms with Gasteiger partial charge >= 0.3 is 0 Å². The number of hydrogen-bond donors (Lipinski definition) is 0. The van der Waals surface area contributed by atoms with E-state index < -0.39 is 5.83 Å². The maximum absolute atomic E-state index is 13.2. The SMILES string of the molecule is CC(C)=C(F)c1nc(C(C)C)no1. The van der Waals surface area contributed by atoms with Crippen LogP contribution in [0.2, 0.25) is 0 Å². The van der Waals surface area contributed by atoms with Crippen LogP contribution in [-0.2, 0) is 0 Å².